The van der Waals surface area contributed by atoms with Crippen LogP contribution in [0.4, 0.5) is 10.8 Å². The highest BCUT2D eigenvalue weighted by Crippen LogP contribution is 2.30. The van der Waals surface area contributed by atoms with Gasteiger partial charge in [-0.1, -0.05) is 25.2 Å². The number of amides is 2. The maximum atomic E-state index is 12.4. The van der Waals surface area contributed by atoms with E-state index in [0.29, 0.717) is 24.8 Å². The maximum Gasteiger partial charge on any atom is 0.229 e. The Hall–Kier alpha value is -2.55. The molecule has 0 saturated carbocycles. The lowest BCUT2D eigenvalue weighted by Gasteiger charge is -2.13. The van der Waals surface area contributed by atoms with E-state index in [0.717, 1.165) is 16.3 Å². The first kappa shape index (κ1) is 19.2. The van der Waals surface area contributed by atoms with E-state index < -0.39 is 0 Å². The number of pyridine rings is 1. The molecule has 1 aliphatic rings. The lowest BCUT2D eigenvalue weighted by atomic mass is 10.1. The van der Waals surface area contributed by atoms with Crippen molar-refractivity contribution in [3.05, 3.63) is 29.0 Å². The van der Waals surface area contributed by atoms with E-state index in [9.17, 15) is 9.59 Å². The second-order valence-electron chi connectivity index (χ2n) is 6.89. The van der Waals surface area contributed by atoms with E-state index in [4.69, 9.17) is 0 Å². The van der Waals surface area contributed by atoms with Crippen molar-refractivity contribution in [1.82, 2.24) is 20.5 Å². The van der Waals surface area contributed by atoms with Crippen molar-refractivity contribution >= 4 is 34.0 Å². The summed E-state index contributed by atoms with van der Waals surface area (Å²) in [6, 6.07) is 1.90. The molecule has 1 aliphatic heterocycles. The largest absolute Gasteiger partial charge is 0.383 e. The van der Waals surface area contributed by atoms with Crippen molar-refractivity contribution in [2.45, 2.75) is 33.1 Å². The van der Waals surface area contributed by atoms with Crippen molar-refractivity contribution in [2.24, 2.45) is 5.92 Å². The Kier molecular flexibility index (Phi) is 6.00. The fraction of sp³-hybridized carbons (Fsp3) is 0.500. The van der Waals surface area contributed by atoms with Gasteiger partial charge in [-0.2, -0.15) is 0 Å². The number of aryl methyl sites for hydroxylation is 1. The number of carbonyl (C=O) groups is 2. The predicted octanol–water partition coefficient (Wildman–Crippen LogP) is 1.95. The summed E-state index contributed by atoms with van der Waals surface area (Å²) in [5.74, 6) is -0.268. The zero-order valence-corrected chi connectivity index (χ0v) is 16.5. The average Bonchev–Trinajstić information content (AvgIpc) is 3.26. The van der Waals surface area contributed by atoms with Gasteiger partial charge in [-0.3, -0.25) is 19.5 Å². The molecule has 1 saturated heterocycles. The molecule has 2 aromatic rings. The summed E-state index contributed by atoms with van der Waals surface area (Å²) in [5, 5.41) is 15.9. The first-order valence-electron chi connectivity index (χ1n) is 9.01. The van der Waals surface area contributed by atoms with Gasteiger partial charge in [-0.05, 0) is 18.6 Å². The standard InChI is InChI=1S/C18H24N6O2S/c1-11(2)17-22-23-18(27-17)24-10-13(8-15(24)25)16(26)21-7-6-20-14-4-5-19-9-12(14)3/h4-5,9,11,13H,6-8,10H2,1-3H3,(H,19,20)(H,21,26). The predicted molar refractivity (Wildman–Crippen MR) is 105 cm³/mol. The minimum absolute atomic E-state index is 0.0767. The van der Waals surface area contributed by atoms with Crippen LogP contribution in [0.1, 0.15) is 36.8 Å². The van der Waals surface area contributed by atoms with Crippen molar-refractivity contribution in [1.29, 1.82) is 0 Å². The Balaban J connectivity index is 1.48. The van der Waals surface area contributed by atoms with E-state index in [1.165, 1.54) is 11.3 Å². The minimum Gasteiger partial charge on any atom is -0.383 e. The van der Waals surface area contributed by atoms with Crippen molar-refractivity contribution < 1.29 is 9.59 Å². The molecule has 1 fully saturated rings. The number of rotatable bonds is 7. The molecule has 3 heterocycles. The molecule has 27 heavy (non-hydrogen) atoms. The van der Waals surface area contributed by atoms with Crippen molar-refractivity contribution in [3.8, 4) is 0 Å². The van der Waals surface area contributed by atoms with Gasteiger partial charge in [0, 0.05) is 50.1 Å². The molecule has 0 aromatic carbocycles. The van der Waals surface area contributed by atoms with Gasteiger partial charge < -0.3 is 10.6 Å². The van der Waals surface area contributed by atoms with Gasteiger partial charge in [-0.25, -0.2) is 0 Å². The van der Waals surface area contributed by atoms with Gasteiger partial charge in [0.05, 0.1) is 5.92 Å². The zero-order chi connectivity index (χ0) is 19.4. The fourth-order valence-corrected chi connectivity index (χ4v) is 3.71. The number of nitrogens with one attached hydrogen (secondary N) is 2. The first-order valence-corrected chi connectivity index (χ1v) is 9.83. The highest BCUT2D eigenvalue weighted by Gasteiger charge is 2.36. The van der Waals surface area contributed by atoms with Gasteiger partial charge in [0.1, 0.15) is 5.01 Å². The summed E-state index contributed by atoms with van der Waals surface area (Å²) in [7, 11) is 0. The molecular weight excluding hydrogens is 364 g/mol. The van der Waals surface area contributed by atoms with Crippen LogP contribution in [0, 0.1) is 12.8 Å². The van der Waals surface area contributed by atoms with E-state index in [1.54, 1.807) is 17.3 Å². The van der Waals surface area contributed by atoms with E-state index >= 15 is 0 Å². The third-order valence-corrected chi connectivity index (χ3v) is 5.66. The van der Waals surface area contributed by atoms with Crippen LogP contribution in [0.3, 0.4) is 0 Å². The molecule has 2 N–H and O–H groups in total. The Morgan fingerprint density at radius 3 is 2.89 bits per heavy atom. The summed E-state index contributed by atoms with van der Waals surface area (Å²) in [4.78, 5) is 30.3. The lowest BCUT2D eigenvalue weighted by molar-refractivity contribution is -0.126. The Labute approximate surface area is 162 Å². The SMILES string of the molecule is Cc1cnccc1NCCNC(=O)C1CC(=O)N(c2nnc(C(C)C)s2)C1. The number of carbonyl (C=O) groups excluding carboxylic acids is 2. The van der Waals surface area contributed by atoms with E-state index in [2.05, 4.69) is 25.8 Å². The highest BCUT2D eigenvalue weighted by molar-refractivity contribution is 7.15. The normalized spacial score (nSPS) is 16.8. The Morgan fingerprint density at radius 1 is 1.37 bits per heavy atom. The second kappa shape index (κ2) is 8.43. The molecule has 2 amide bonds. The molecule has 0 aliphatic carbocycles. The summed E-state index contributed by atoms with van der Waals surface area (Å²) >= 11 is 1.41. The quantitative estimate of drug-likeness (QED) is 0.703. The van der Waals surface area contributed by atoms with Crippen LogP contribution in [0.2, 0.25) is 0 Å². The van der Waals surface area contributed by atoms with Gasteiger partial charge in [-0.15, -0.1) is 10.2 Å². The van der Waals surface area contributed by atoms with Crippen LogP contribution in [-0.4, -0.2) is 46.6 Å². The van der Waals surface area contributed by atoms with Crippen LogP contribution in [0.25, 0.3) is 0 Å². The summed E-state index contributed by atoms with van der Waals surface area (Å²) in [6.45, 7) is 7.50. The van der Waals surface area contributed by atoms with Crippen LogP contribution in [-0.2, 0) is 9.59 Å². The fourth-order valence-electron chi connectivity index (χ4n) is 2.84. The molecule has 3 rings (SSSR count). The molecule has 0 bridgehead atoms. The monoisotopic (exact) mass is 388 g/mol. The van der Waals surface area contributed by atoms with Crippen LogP contribution in [0.5, 0.6) is 0 Å². The third-order valence-electron chi connectivity index (χ3n) is 4.41. The molecule has 9 heteroatoms. The topological polar surface area (TPSA) is 100 Å². The number of anilines is 2. The number of hydrogen-bond donors (Lipinski definition) is 2. The minimum atomic E-state index is -0.355. The third kappa shape index (κ3) is 4.60. The number of nitrogens with zero attached hydrogens (tertiary/aromatic N) is 4. The van der Waals surface area contributed by atoms with Crippen LogP contribution >= 0.6 is 11.3 Å². The van der Waals surface area contributed by atoms with E-state index in [1.807, 2.05) is 26.8 Å². The number of aromatic nitrogens is 3. The molecule has 8 nitrogen and oxygen atoms in total. The van der Waals surface area contributed by atoms with E-state index in [-0.39, 0.29) is 30.1 Å². The lowest BCUT2D eigenvalue weighted by Crippen LogP contribution is -2.35. The Bertz CT molecular complexity index is 822. The zero-order valence-electron chi connectivity index (χ0n) is 15.7. The van der Waals surface area contributed by atoms with Crippen molar-refractivity contribution in [3.63, 3.8) is 0 Å². The maximum absolute atomic E-state index is 12.4. The molecule has 0 spiro atoms. The average molecular weight is 388 g/mol. The van der Waals surface area contributed by atoms with Gasteiger partial charge >= 0.3 is 0 Å². The number of hydrogen-bond acceptors (Lipinski definition) is 7. The molecule has 1 atom stereocenters. The summed E-state index contributed by atoms with van der Waals surface area (Å²) in [5.41, 5.74) is 2.05. The second-order valence-corrected chi connectivity index (χ2v) is 7.88. The summed E-state index contributed by atoms with van der Waals surface area (Å²) < 4.78 is 0. The molecule has 144 valence electrons. The van der Waals surface area contributed by atoms with Crippen LogP contribution < -0.4 is 15.5 Å². The van der Waals surface area contributed by atoms with Gasteiger partial charge in [0.15, 0.2) is 0 Å². The Morgan fingerprint density at radius 2 is 2.19 bits per heavy atom. The van der Waals surface area contributed by atoms with Crippen LogP contribution in [0.15, 0.2) is 18.5 Å². The molecule has 0 radical (unpaired) electrons. The van der Waals surface area contributed by atoms with Gasteiger partial charge in [0.2, 0.25) is 16.9 Å². The molecule has 1 unspecified atom stereocenters. The molecule has 2 aromatic heterocycles. The van der Waals surface area contributed by atoms with Gasteiger partial charge in [0.25, 0.3) is 0 Å². The smallest absolute Gasteiger partial charge is 0.229 e. The first-order chi connectivity index (χ1) is 13.0. The van der Waals surface area contributed by atoms with Crippen molar-refractivity contribution in [2.75, 3.05) is 29.9 Å². The summed E-state index contributed by atoms with van der Waals surface area (Å²) in [6.07, 6.45) is 3.72. The highest BCUT2D eigenvalue weighted by atomic mass is 32.1. The molecular formula is C18H24N6O2S.